The smallest absolute Gasteiger partial charge is 0.221 e. The van der Waals surface area contributed by atoms with Crippen molar-refractivity contribution in [2.24, 2.45) is 5.73 Å². The summed E-state index contributed by atoms with van der Waals surface area (Å²) in [5.74, 6) is 0.198. The number of carbonyl (C=O) groups excluding carboxylic acids is 1. The Hall–Kier alpha value is -0.610. The molecular weight excluding hydrogens is 358 g/mol. The van der Waals surface area contributed by atoms with Crippen LogP contribution in [0.4, 0.5) is 0 Å². The van der Waals surface area contributed by atoms with E-state index < -0.39 is 0 Å². The maximum atomic E-state index is 12.1. The highest BCUT2D eigenvalue weighted by atomic mass is 16.1. The molecule has 0 aliphatic heterocycles. The zero-order chi connectivity index (χ0) is 21.4. The van der Waals surface area contributed by atoms with Gasteiger partial charge in [0, 0.05) is 32.6 Å². The Balaban J connectivity index is 3.45. The predicted molar refractivity (Wildman–Crippen MR) is 128 cm³/mol. The van der Waals surface area contributed by atoms with Crippen LogP contribution >= 0.6 is 0 Å². The van der Waals surface area contributed by atoms with Crippen LogP contribution < -0.4 is 11.1 Å². The van der Waals surface area contributed by atoms with E-state index in [1.165, 1.54) is 96.3 Å². The summed E-state index contributed by atoms with van der Waals surface area (Å²) < 4.78 is 0. The Kier molecular flexibility index (Phi) is 23.2. The average Bonchev–Trinajstić information content (AvgIpc) is 2.72. The highest BCUT2D eigenvalue weighted by Gasteiger charge is 2.07. The number of hydrogen-bond acceptors (Lipinski definition) is 3. The van der Waals surface area contributed by atoms with Gasteiger partial charge in [-0.15, -0.1) is 0 Å². The maximum absolute atomic E-state index is 12.1. The standard InChI is InChI=1S/C25H53N3O/c1-3-5-7-9-10-11-12-13-14-15-16-17-21-27-25(29)19-23-28(24-20-26)22-18-8-6-4-2/h3-24,26H2,1-2H3,(H,27,29). The third kappa shape index (κ3) is 21.9. The van der Waals surface area contributed by atoms with Crippen molar-refractivity contribution in [3.8, 4) is 0 Å². The van der Waals surface area contributed by atoms with Gasteiger partial charge in [-0.1, -0.05) is 104 Å². The van der Waals surface area contributed by atoms with Crippen LogP contribution in [0.3, 0.4) is 0 Å². The van der Waals surface area contributed by atoms with Crippen LogP contribution in [0, 0.1) is 0 Å². The number of amides is 1. The van der Waals surface area contributed by atoms with Gasteiger partial charge in [-0.05, 0) is 19.4 Å². The van der Waals surface area contributed by atoms with Crippen molar-refractivity contribution in [3.63, 3.8) is 0 Å². The van der Waals surface area contributed by atoms with Gasteiger partial charge in [0.15, 0.2) is 0 Å². The van der Waals surface area contributed by atoms with E-state index >= 15 is 0 Å². The Labute approximate surface area is 182 Å². The monoisotopic (exact) mass is 411 g/mol. The van der Waals surface area contributed by atoms with Gasteiger partial charge in [-0.25, -0.2) is 0 Å². The molecule has 174 valence electrons. The first-order chi connectivity index (χ1) is 14.2. The average molecular weight is 412 g/mol. The Morgan fingerprint density at radius 2 is 1.14 bits per heavy atom. The van der Waals surface area contributed by atoms with Gasteiger partial charge in [0.2, 0.25) is 5.91 Å². The third-order valence-electron chi connectivity index (χ3n) is 5.78. The summed E-state index contributed by atoms with van der Waals surface area (Å²) in [5.41, 5.74) is 5.71. The van der Waals surface area contributed by atoms with Crippen molar-refractivity contribution >= 4 is 5.91 Å². The van der Waals surface area contributed by atoms with Crippen LogP contribution in [-0.2, 0) is 4.79 Å². The number of nitrogens with one attached hydrogen (secondary N) is 1. The maximum Gasteiger partial charge on any atom is 0.221 e. The van der Waals surface area contributed by atoms with Gasteiger partial charge in [-0.3, -0.25) is 4.79 Å². The molecule has 0 heterocycles. The number of nitrogens with two attached hydrogens (primary N) is 1. The second-order valence-electron chi connectivity index (χ2n) is 8.68. The van der Waals surface area contributed by atoms with Crippen molar-refractivity contribution in [1.29, 1.82) is 0 Å². The van der Waals surface area contributed by atoms with Crippen LogP contribution in [0.2, 0.25) is 0 Å². The number of carbonyl (C=O) groups is 1. The first-order valence-corrected chi connectivity index (χ1v) is 12.9. The fraction of sp³-hybridized carbons (Fsp3) is 0.960. The Bertz CT molecular complexity index is 336. The first kappa shape index (κ1) is 28.4. The van der Waals surface area contributed by atoms with Gasteiger partial charge < -0.3 is 16.0 Å². The molecule has 0 aromatic carbocycles. The first-order valence-electron chi connectivity index (χ1n) is 12.9. The lowest BCUT2D eigenvalue weighted by molar-refractivity contribution is -0.121. The van der Waals surface area contributed by atoms with E-state index in [2.05, 4.69) is 24.1 Å². The molecular formula is C25H53N3O. The van der Waals surface area contributed by atoms with E-state index in [1.54, 1.807) is 0 Å². The molecule has 0 aromatic rings. The predicted octanol–water partition coefficient (Wildman–Crippen LogP) is 6.03. The summed E-state index contributed by atoms with van der Waals surface area (Å²) in [4.78, 5) is 14.4. The van der Waals surface area contributed by atoms with Crippen LogP contribution in [0.25, 0.3) is 0 Å². The molecule has 3 N–H and O–H groups in total. The van der Waals surface area contributed by atoms with Crippen molar-refractivity contribution in [2.75, 3.05) is 32.7 Å². The zero-order valence-corrected chi connectivity index (χ0v) is 20.0. The molecule has 0 fully saturated rings. The molecule has 4 heteroatoms. The summed E-state index contributed by atoms with van der Waals surface area (Å²) in [6.45, 7) is 8.84. The van der Waals surface area contributed by atoms with E-state index in [0.717, 1.165) is 32.6 Å². The van der Waals surface area contributed by atoms with Crippen molar-refractivity contribution in [2.45, 2.75) is 123 Å². The van der Waals surface area contributed by atoms with E-state index in [9.17, 15) is 4.79 Å². The molecule has 0 spiro atoms. The van der Waals surface area contributed by atoms with Gasteiger partial charge in [0.1, 0.15) is 0 Å². The summed E-state index contributed by atoms with van der Waals surface area (Å²) in [5, 5.41) is 3.10. The van der Waals surface area contributed by atoms with E-state index in [4.69, 9.17) is 5.73 Å². The lowest BCUT2D eigenvalue weighted by Crippen LogP contribution is -2.35. The van der Waals surface area contributed by atoms with E-state index in [1.807, 2.05) is 0 Å². The molecule has 29 heavy (non-hydrogen) atoms. The molecule has 0 aromatic heterocycles. The molecule has 0 bridgehead atoms. The van der Waals surface area contributed by atoms with Gasteiger partial charge in [0.25, 0.3) is 0 Å². The quantitative estimate of drug-likeness (QED) is 0.202. The molecule has 0 saturated carbocycles. The SMILES string of the molecule is CCCCCCCCCCCCCCNC(=O)CCN(CCN)CCCCCC. The van der Waals surface area contributed by atoms with E-state index in [0.29, 0.717) is 13.0 Å². The second-order valence-corrected chi connectivity index (χ2v) is 8.68. The van der Waals surface area contributed by atoms with Crippen molar-refractivity contribution in [1.82, 2.24) is 10.2 Å². The highest BCUT2D eigenvalue weighted by Crippen LogP contribution is 2.11. The number of nitrogens with zero attached hydrogens (tertiary/aromatic N) is 1. The Morgan fingerprint density at radius 1 is 0.655 bits per heavy atom. The Morgan fingerprint density at radius 3 is 1.66 bits per heavy atom. The molecule has 0 radical (unpaired) electrons. The van der Waals surface area contributed by atoms with Crippen molar-refractivity contribution in [3.05, 3.63) is 0 Å². The summed E-state index contributed by atoms with van der Waals surface area (Å²) >= 11 is 0. The van der Waals surface area contributed by atoms with Gasteiger partial charge in [-0.2, -0.15) is 0 Å². The molecule has 0 unspecified atom stereocenters. The van der Waals surface area contributed by atoms with Crippen LogP contribution in [0.15, 0.2) is 0 Å². The lowest BCUT2D eigenvalue weighted by Gasteiger charge is -2.21. The van der Waals surface area contributed by atoms with Crippen LogP contribution in [-0.4, -0.2) is 43.5 Å². The summed E-state index contributed by atoms with van der Waals surface area (Å²) in [7, 11) is 0. The number of hydrogen-bond donors (Lipinski definition) is 2. The minimum absolute atomic E-state index is 0.198. The molecule has 0 aliphatic rings. The molecule has 0 aliphatic carbocycles. The number of unbranched alkanes of at least 4 members (excludes halogenated alkanes) is 14. The normalized spacial score (nSPS) is 11.3. The molecule has 0 rings (SSSR count). The molecule has 4 nitrogen and oxygen atoms in total. The number of rotatable bonds is 23. The molecule has 0 saturated heterocycles. The summed E-state index contributed by atoms with van der Waals surface area (Å²) in [6, 6.07) is 0. The minimum atomic E-state index is 0.198. The third-order valence-corrected chi connectivity index (χ3v) is 5.78. The summed E-state index contributed by atoms with van der Waals surface area (Å²) in [6.07, 6.45) is 21.9. The van der Waals surface area contributed by atoms with Gasteiger partial charge in [0.05, 0.1) is 0 Å². The fourth-order valence-corrected chi connectivity index (χ4v) is 3.82. The second kappa shape index (κ2) is 23.7. The topological polar surface area (TPSA) is 58.4 Å². The van der Waals surface area contributed by atoms with Crippen LogP contribution in [0.1, 0.15) is 123 Å². The van der Waals surface area contributed by atoms with Crippen LogP contribution in [0.5, 0.6) is 0 Å². The lowest BCUT2D eigenvalue weighted by atomic mass is 10.1. The van der Waals surface area contributed by atoms with E-state index in [-0.39, 0.29) is 5.91 Å². The molecule has 0 atom stereocenters. The van der Waals surface area contributed by atoms with Crippen molar-refractivity contribution < 1.29 is 4.79 Å². The highest BCUT2D eigenvalue weighted by molar-refractivity contribution is 5.75. The molecule has 1 amide bonds. The van der Waals surface area contributed by atoms with Gasteiger partial charge >= 0.3 is 0 Å². The largest absolute Gasteiger partial charge is 0.356 e. The minimum Gasteiger partial charge on any atom is -0.356 e. The fourth-order valence-electron chi connectivity index (χ4n) is 3.82. The zero-order valence-electron chi connectivity index (χ0n) is 20.0.